The number of amides is 2. The minimum absolute atomic E-state index is 0.0795. The number of hydrogen-bond donors (Lipinski definition) is 1. The summed E-state index contributed by atoms with van der Waals surface area (Å²) >= 11 is 1.60. The maximum absolute atomic E-state index is 12.7. The Hall–Kier alpha value is -3.39. The standard InChI is InChI=1S/C22H21N5O2S/c1-14-4-3-5-16(12-14)23-21(28)26-11-10-18-19(13-26)30-22-24-20(25-27(18)22)15-6-8-17(29-2)9-7-15/h3-9,12H,10-11,13H2,1-2H3,(H,23,28). The monoisotopic (exact) mass is 419 g/mol. The van der Waals surface area contributed by atoms with Crippen molar-refractivity contribution in [3.05, 3.63) is 64.7 Å². The Labute approximate surface area is 177 Å². The molecule has 7 nitrogen and oxygen atoms in total. The number of thiazole rings is 1. The van der Waals surface area contributed by atoms with Crippen LogP contribution in [0, 0.1) is 6.92 Å². The summed E-state index contributed by atoms with van der Waals surface area (Å²) in [6.45, 7) is 3.23. The number of methoxy groups -OCH3 is 1. The number of benzene rings is 2. The molecule has 30 heavy (non-hydrogen) atoms. The molecule has 1 N–H and O–H groups in total. The Bertz CT molecular complexity index is 1230. The van der Waals surface area contributed by atoms with Crippen LogP contribution in [0.3, 0.4) is 0 Å². The van der Waals surface area contributed by atoms with E-state index in [0.717, 1.165) is 44.5 Å². The molecule has 2 amide bonds. The summed E-state index contributed by atoms with van der Waals surface area (Å²) in [5.41, 5.74) is 4.03. The number of carbonyl (C=O) groups excluding carboxylic acids is 1. The van der Waals surface area contributed by atoms with E-state index in [9.17, 15) is 4.79 Å². The number of nitrogens with zero attached hydrogens (tertiary/aromatic N) is 4. The molecule has 4 aromatic rings. The molecule has 0 bridgehead atoms. The van der Waals surface area contributed by atoms with Crippen LogP contribution < -0.4 is 10.1 Å². The second kappa shape index (κ2) is 7.46. The molecule has 0 aliphatic carbocycles. The van der Waals surface area contributed by atoms with E-state index >= 15 is 0 Å². The van der Waals surface area contributed by atoms with Gasteiger partial charge in [0, 0.05) is 29.1 Å². The van der Waals surface area contributed by atoms with Crippen molar-refractivity contribution in [3.63, 3.8) is 0 Å². The molecule has 5 rings (SSSR count). The minimum atomic E-state index is -0.0795. The van der Waals surface area contributed by atoms with Crippen LogP contribution in [0.25, 0.3) is 16.3 Å². The highest BCUT2D eigenvalue weighted by molar-refractivity contribution is 7.17. The molecule has 152 valence electrons. The van der Waals surface area contributed by atoms with Gasteiger partial charge in [-0.25, -0.2) is 9.31 Å². The van der Waals surface area contributed by atoms with Crippen LogP contribution in [-0.2, 0) is 13.0 Å². The molecule has 8 heteroatoms. The average Bonchev–Trinajstić information content (AvgIpc) is 3.31. The number of rotatable bonds is 3. The van der Waals surface area contributed by atoms with Gasteiger partial charge in [0.15, 0.2) is 5.82 Å². The molecule has 0 radical (unpaired) electrons. The Kier molecular flexibility index (Phi) is 4.63. The van der Waals surface area contributed by atoms with E-state index in [1.165, 1.54) is 0 Å². The van der Waals surface area contributed by atoms with Gasteiger partial charge in [-0.2, -0.15) is 4.98 Å². The number of carbonyl (C=O) groups is 1. The zero-order valence-corrected chi connectivity index (χ0v) is 17.6. The second-order valence-corrected chi connectivity index (χ2v) is 8.36. The predicted octanol–water partition coefficient (Wildman–Crippen LogP) is 4.37. The Balaban J connectivity index is 1.35. The summed E-state index contributed by atoms with van der Waals surface area (Å²) in [4.78, 5) is 21.2. The lowest BCUT2D eigenvalue weighted by atomic mass is 10.2. The fraction of sp³-hybridized carbons (Fsp3) is 0.227. The van der Waals surface area contributed by atoms with Gasteiger partial charge in [-0.1, -0.05) is 23.5 Å². The van der Waals surface area contributed by atoms with Crippen LogP contribution in [0.4, 0.5) is 10.5 Å². The highest BCUT2D eigenvalue weighted by atomic mass is 32.1. The van der Waals surface area contributed by atoms with Crippen molar-refractivity contribution in [2.45, 2.75) is 19.9 Å². The number of hydrogen-bond acceptors (Lipinski definition) is 5. The van der Waals surface area contributed by atoms with Crippen molar-refractivity contribution >= 4 is 28.0 Å². The predicted molar refractivity (Wildman–Crippen MR) is 117 cm³/mol. The Morgan fingerprint density at radius 2 is 2.03 bits per heavy atom. The summed E-state index contributed by atoms with van der Waals surface area (Å²) in [6.07, 6.45) is 0.752. The molecule has 0 saturated carbocycles. The fourth-order valence-corrected chi connectivity index (χ4v) is 4.77. The van der Waals surface area contributed by atoms with E-state index in [-0.39, 0.29) is 6.03 Å². The van der Waals surface area contributed by atoms with Gasteiger partial charge < -0.3 is 15.0 Å². The minimum Gasteiger partial charge on any atom is -0.497 e. The summed E-state index contributed by atoms with van der Waals surface area (Å²) in [5, 5.41) is 7.71. The van der Waals surface area contributed by atoms with E-state index in [1.54, 1.807) is 18.4 Å². The molecule has 1 aliphatic rings. The molecule has 2 aromatic carbocycles. The molecule has 3 heterocycles. The number of fused-ring (bicyclic) bond motifs is 3. The van der Waals surface area contributed by atoms with Crippen molar-refractivity contribution in [2.75, 3.05) is 19.0 Å². The second-order valence-electron chi connectivity index (χ2n) is 7.30. The normalized spacial score (nSPS) is 13.3. The molecular formula is C22H21N5O2S. The van der Waals surface area contributed by atoms with Gasteiger partial charge in [0.05, 0.1) is 19.3 Å². The van der Waals surface area contributed by atoms with Gasteiger partial charge in [0.25, 0.3) is 0 Å². The van der Waals surface area contributed by atoms with Crippen molar-refractivity contribution in [3.8, 4) is 17.1 Å². The number of urea groups is 1. The van der Waals surface area contributed by atoms with Gasteiger partial charge >= 0.3 is 6.03 Å². The van der Waals surface area contributed by atoms with Crippen LogP contribution in [-0.4, -0.2) is 39.2 Å². The summed E-state index contributed by atoms with van der Waals surface area (Å²) in [7, 11) is 1.65. The van der Waals surface area contributed by atoms with Crippen LogP contribution >= 0.6 is 11.3 Å². The van der Waals surface area contributed by atoms with Crippen LogP contribution in [0.5, 0.6) is 5.75 Å². The first kappa shape index (κ1) is 18.6. The molecular weight excluding hydrogens is 398 g/mol. The lowest BCUT2D eigenvalue weighted by Crippen LogP contribution is -2.38. The number of ether oxygens (including phenoxy) is 1. The molecule has 0 unspecified atom stereocenters. The number of aryl methyl sites for hydroxylation is 1. The van der Waals surface area contributed by atoms with E-state index in [1.807, 2.05) is 64.9 Å². The van der Waals surface area contributed by atoms with E-state index in [2.05, 4.69) is 5.32 Å². The first-order valence-corrected chi connectivity index (χ1v) is 10.6. The summed E-state index contributed by atoms with van der Waals surface area (Å²) < 4.78 is 7.14. The molecule has 0 saturated heterocycles. The number of anilines is 1. The molecule has 0 fully saturated rings. The average molecular weight is 420 g/mol. The maximum Gasteiger partial charge on any atom is 0.322 e. The maximum atomic E-state index is 12.7. The summed E-state index contributed by atoms with van der Waals surface area (Å²) in [5.74, 6) is 1.51. The topological polar surface area (TPSA) is 71.8 Å². The third kappa shape index (κ3) is 3.39. The molecule has 0 spiro atoms. The lowest BCUT2D eigenvalue weighted by Gasteiger charge is -2.26. The Morgan fingerprint density at radius 1 is 1.20 bits per heavy atom. The number of nitrogens with one attached hydrogen (secondary N) is 1. The van der Waals surface area contributed by atoms with E-state index in [0.29, 0.717) is 18.9 Å². The van der Waals surface area contributed by atoms with Gasteiger partial charge in [-0.15, -0.1) is 5.10 Å². The summed E-state index contributed by atoms with van der Waals surface area (Å²) in [6, 6.07) is 15.5. The Morgan fingerprint density at radius 3 is 2.80 bits per heavy atom. The molecule has 1 aliphatic heterocycles. The largest absolute Gasteiger partial charge is 0.497 e. The highest BCUT2D eigenvalue weighted by Gasteiger charge is 2.26. The lowest BCUT2D eigenvalue weighted by molar-refractivity contribution is 0.206. The van der Waals surface area contributed by atoms with E-state index < -0.39 is 0 Å². The highest BCUT2D eigenvalue weighted by Crippen LogP contribution is 2.30. The van der Waals surface area contributed by atoms with Crippen LogP contribution in [0.1, 0.15) is 16.1 Å². The number of aromatic nitrogens is 3. The smallest absolute Gasteiger partial charge is 0.322 e. The third-order valence-corrected chi connectivity index (χ3v) is 6.29. The van der Waals surface area contributed by atoms with Crippen LogP contribution in [0.15, 0.2) is 48.5 Å². The fourth-order valence-electron chi connectivity index (χ4n) is 3.65. The third-order valence-electron chi connectivity index (χ3n) is 5.23. The first-order valence-electron chi connectivity index (χ1n) is 9.75. The van der Waals surface area contributed by atoms with Gasteiger partial charge in [-0.3, -0.25) is 0 Å². The van der Waals surface area contributed by atoms with Crippen molar-refractivity contribution in [2.24, 2.45) is 0 Å². The van der Waals surface area contributed by atoms with Gasteiger partial charge in [0.2, 0.25) is 4.96 Å². The van der Waals surface area contributed by atoms with E-state index in [4.69, 9.17) is 14.8 Å². The SMILES string of the molecule is COc1ccc(-c2nc3sc4c(n3n2)CCN(C(=O)Nc2cccc(C)c2)C4)cc1. The zero-order valence-electron chi connectivity index (χ0n) is 16.8. The zero-order chi connectivity index (χ0) is 20.7. The van der Waals surface area contributed by atoms with Crippen molar-refractivity contribution in [1.82, 2.24) is 19.5 Å². The first-order chi connectivity index (χ1) is 14.6. The van der Waals surface area contributed by atoms with Crippen molar-refractivity contribution < 1.29 is 9.53 Å². The van der Waals surface area contributed by atoms with Gasteiger partial charge in [0.1, 0.15) is 5.75 Å². The van der Waals surface area contributed by atoms with Crippen LogP contribution in [0.2, 0.25) is 0 Å². The molecule has 0 atom stereocenters. The van der Waals surface area contributed by atoms with Crippen molar-refractivity contribution in [1.29, 1.82) is 0 Å². The quantitative estimate of drug-likeness (QED) is 0.535. The van der Waals surface area contributed by atoms with Gasteiger partial charge in [-0.05, 0) is 48.9 Å². The molecule has 2 aromatic heterocycles.